The van der Waals surface area contributed by atoms with Gasteiger partial charge in [-0.05, 0) is 18.9 Å². The van der Waals surface area contributed by atoms with Crippen LogP contribution in [-0.2, 0) is 6.42 Å². The molecule has 0 radical (unpaired) electrons. The molecule has 1 heterocycles. The van der Waals surface area contributed by atoms with Crippen LogP contribution in [0.25, 0.3) is 11.3 Å². The Hall–Kier alpha value is -1.90. The lowest BCUT2D eigenvalue weighted by Gasteiger charge is -2.00. The van der Waals surface area contributed by atoms with E-state index in [-0.39, 0.29) is 5.78 Å². The summed E-state index contributed by atoms with van der Waals surface area (Å²) in [6.07, 6.45) is 2.46. The molecule has 0 spiro atoms. The molecule has 16 heavy (non-hydrogen) atoms. The molecule has 0 amide bonds. The van der Waals surface area contributed by atoms with Gasteiger partial charge in [0.15, 0.2) is 11.5 Å². The van der Waals surface area contributed by atoms with E-state index in [4.69, 9.17) is 4.52 Å². The molecule has 0 unspecified atom stereocenters. The van der Waals surface area contributed by atoms with Crippen molar-refractivity contribution in [2.24, 2.45) is 0 Å². The number of aryl methyl sites for hydroxylation is 1. The molecule has 0 atom stereocenters. The molecule has 3 heteroatoms. The summed E-state index contributed by atoms with van der Waals surface area (Å²) >= 11 is 0. The maximum atomic E-state index is 11.3. The van der Waals surface area contributed by atoms with Crippen LogP contribution in [0, 0.1) is 0 Å². The number of hydrogen-bond acceptors (Lipinski definition) is 3. The molecule has 3 nitrogen and oxygen atoms in total. The number of carbonyl (C=O) groups excluding carboxylic acids is 1. The van der Waals surface area contributed by atoms with Crippen molar-refractivity contribution in [1.82, 2.24) is 5.16 Å². The predicted octanol–water partition coefficient (Wildman–Crippen LogP) is 3.11. The molecule has 0 bridgehead atoms. The summed E-state index contributed by atoms with van der Waals surface area (Å²) in [6, 6.07) is 7.96. The minimum absolute atomic E-state index is 0.0316. The molecule has 0 saturated heterocycles. The van der Waals surface area contributed by atoms with Crippen molar-refractivity contribution in [2.45, 2.75) is 20.3 Å². The van der Waals surface area contributed by atoms with Crippen LogP contribution >= 0.6 is 0 Å². The van der Waals surface area contributed by atoms with Crippen LogP contribution in [0.2, 0.25) is 0 Å². The largest absolute Gasteiger partial charge is 0.356 e. The van der Waals surface area contributed by atoms with E-state index in [0.29, 0.717) is 11.3 Å². The fourth-order valence-electron chi connectivity index (χ4n) is 1.59. The zero-order chi connectivity index (χ0) is 11.5. The minimum Gasteiger partial charge on any atom is -0.356 e. The van der Waals surface area contributed by atoms with Gasteiger partial charge < -0.3 is 4.52 Å². The molecule has 0 N–H and O–H groups in total. The fraction of sp³-hybridized carbons (Fsp3) is 0.231. The minimum atomic E-state index is -0.0316. The van der Waals surface area contributed by atoms with Crippen molar-refractivity contribution in [3.8, 4) is 11.3 Å². The molecule has 82 valence electrons. The fourth-order valence-corrected chi connectivity index (χ4v) is 1.59. The maximum Gasteiger partial charge on any atom is 0.177 e. The highest BCUT2D eigenvalue weighted by molar-refractivity contribution is 5.99. The Morgan fingerprint density at radius 1 is 1.31 bits per heavy atom. The second kappa shape index (κ2) is 4.31. The number of ketones is 1. The van der Waals surface area contributed by atoms with Crippen LogP contribution in [0.4, 0.5) is 0 Å². The van der Waals surface area contributed by atoms with Gasteiger partial charge in [-0.3, -0.25) is 4.79 Å². The van der Waals surface area contributed by atoms with E-state index < -0.39 is 0 Å². The first kappa shape index (κ1) is 10.6. The summed E-state index contributed by atoms with van der Waals surface area (Å²) in [5.41, 5.74) is 2.68. The lowest BCUT2D eigenvalue weighted by molar-refractivity contribution is 0.101. The van der Waals surface area contributed by atoms with Crippen LogP contribution < -0.4 is 0 Å². The van der Waals surface area contributed by atoms with Crippen molar-refractivity contribution < 1.29 is 9.32 Å². The molecule has 2 aromatic rings. The predicted molar refractivity (Wildman–Crippen MR) is 61.3 cm³/mol. The highest BCUT2D eigenvalue weighted by atomic mass is 16.5. The Balaban J connectivity index is 2.42. The average molecular weight is 215 g/mol. The van der Waals surface area contributed by atoms with Gasteiger partial charge in [-0.2, -0.15) is 0 Å². The first-order chi connectivity index (χ1) is 7.72. The maximum absolute atomic E-state index is 11.3. The van der Waals surface area contributed by atoms with Crippen LogP contribution in [-0.4, -0.2) is 10.9 Å². The summed E-state index contributed by atoms with van der Waals surface area (Å²) < 4.78 is 5.11. The Kier molecular flexibility index (Phi) is 2.86. The SMILES string of the molecule is CCc1ccc(-c2oncc2C(C)=O)cc1. The Labute approximate surface area is 94.1 Å². The average Bonchev–Trinajstić information content (AvgIpc) is 2.78. The van der Waals surface area contributed by atoms with Crippen LogP contribution in [0.1, 0.15) is 29.8 Å². The van der Waals surface area contributed by atoms with Gasteiger partial charge in [-0.1, -0.05) is 36.3 Å². The van der Waals surface area contributed by atoms with Gasteiger partial charge in [0.05, 0.1) is 11.8 Å². The second-order valence-electron chi connectivity index (χ2n) is 3.68. The summed E-state index contributed by atoms with van der Waals surface area (Å²) in [5, 5.41) is 3.67. The smallest absolute Gasteiger partial charge is 0.177 e. The van der Waals surface area contributed by atoms with Gasteiger partial charge in [0.2, 0.25) is 0 Å². The molecular weight excluding hydrogens is 202 g/mol. The molecule has 2 rings (SSSR count). The van der Waals surface area contributed by atoms with Crippen molar-refractivity contribution >= 4 is 5.78 Å². The Bertz CT molecular complexity index is 497. The first-order valence-electron chi connectivity index (χ1n) is 5.27. The number of hydrogen-bond donors (Lipinski definition) is 0. The zero-order valence-electron chi connectivity index (χ0n) is 9.36. The third-order valence-corrected chi connectivity index (χ3v) is 2.57. The number of carbonyl (C=O) groups is 1. The van der Waals surface area contributed by atoms with Gasteiger partial charge in [0.25, 0.3) is 0 Å². The standard InChI is InChI=1S/C13H13NO2/c1-3-10-4-6-11(7-5-10)13-12(9(2)15)8-14-16-13/h4-8H,3H2,1-2H3. The zero-order valence-corrected chi connectivity index (χ0v) is 9.36. The van der Waals surface area contributed by atoms with Gasteiger partial charge in [0.1, 0.15) is 0 Å². The van der Waals surface area contributed by atoms with Crippen molar-refractivity contribution in [1.29, 1.82) is 0 Å². The van der Waals surface area contributed by atoms with Crippen LogP contribution in [0.15, 0.2) is 35.0 Å². The molecule has 0 aliphatic carbocycles. The molecule has 0 aliphatic rings. The van der Waals surface area contributed by atoms with Crippen molar-refractivity contribution in [3.63, 3.8) is 0 Å². The third kappa shape index (κ3) is 1.89. The summed E-state index contributed by atoms with van der Waals surface area (Å²) in [6.45, 7) is 3.61. The highest BCUT2D eigenvalue weighted by Crippen LogP contribution is 2.24. The normalized spacial score (nSPS) is 10.4. The Morgan fingerprint density at radius 2 is 2.00 bits per heavy atom. The third-order valence-electron chi connectivity index (χ3n) is 2.57. The van der Waals surface area contributed by atoms with Gasteiger partial charge >= 0.3 is 0 Å². The van der Waals surface area contributed by atoms with Gasteiger partial charge in [-0.25, -0.2) is 0 Å². The molecule has 1 aromatic carbocycles. The van der Waals surface area contributed by atoms with E-state index in [1.165, 1.54) is 18.7 Å². The summed E-state index contributed by atoms with van der Waals surface area (Å²) in [7, 11) is 0. The second-order valence-corrected chi connectivity index (χ2v) is 3.68. The van der Waals surface area contributed by atoms with E-state index in [1.54, 1.807) is 0 Å². The number of Topliss-reactive ketones (excluding diaryl/α,β-unsaturated/α-hetero) is 1. The lowest BCUT2D eigenvalue weighted by atomic mass is 10.0. The van der Waals surface area contributed by atoms with Gasteiger partial charge in [0, 0.05) is 5.56 Å². The quantitative estimate of drug-likeness (QED) is 0.739. The number of rotatable bonds is 3. The molecule has 1 aromatic heterocycles. The van der Waals surface area contributed by atoms with E-state index in [1.807, 2.05) is 24.3 Å². The molecule has 0 saturated carbocycles. The summed E-state index contributed by atoms with van der Waals surface area (Å²) in [4.78, 5) is 11.3. The Morgan fingerprint density at radius 3 is 2.56 bits per heavy atom. The van der Waals surface area contributed by atoms with Crippen LogP contribution in [0.3, 0.4) is 0 Å². The van der Waals surface area contributed by atoms with E-state index in [9.17, 15) is 4.79 Å². The van der Waals surface area contributed by atoms with Crippen LogP contribution in [0.5, 0.6) is 0 Å². The number of aromatic nitrogens is 1. The highest BCUT2D eigenvalue weighted by Gasteiger charge is 2.13. The summed E-state index contributed by atoms with van der Waals surface area (Å²) in [5.74, 6) is 0.519. The van der Waals surface area contributed by atoms with E-state index in [2.05, 4.69) is 12.1 Å². The van der Waals surface area contributed by atoms with Crippen molar-refractivity contribution in [2.75, 3.05) is 0 Å². The van der Waals surface area contributed by atoms with Crippen molar-refractivity contribution in [3.05, 3.63) is 41.6 Å². The lowest BCUT2D eigenvalue weighted by Crippen LogP contribution is -1.91. The number of nitrogens with zero attached hydrogens (tertiary/aromatic N) is 1. The van der Waals surface area contributed by atoms with E-state index >= 15 is 0 Å². The molecular formula is C13H13NO2. The molecule has 0 aliphatic heterocycles. The molecule has 0 fully saturated rings. The van der Waals surface area contributed by atoms with Gasteiger partial charge in [-0.15, -0.1) is 0 Å². The van der Waals surface area contributed by atoms with E-state index in [0.717, 1.165) is 12.0 Å². The number of benzene rings is 1. The topological polar surface area (TPSA) is 43.1 Å². The first-order valence-corrected chi connectivity index (χ1v) is 5.27. The monoisotopic (exact) mass is 215 g/mol.